The number of aliphatic carboxylic acids is 1. The molecule has 230 valence electrons. The second-order valence-corrected chi connectivity index (χ2v) is 10.5. The molecular weight excluding hydrogens is 569 g/mol. The summed E-state index contributed by atoms with van der Waals surface area (Å²) in [6.45, 7) is 3.65. The van der Waals surface area contributed by atoms with E-state index >= 15 is 0 Å². The lowest BCUT2D eigenvalue weighted by Gasteiger charge is -2.23. The van der Waals surface area contributed by atoms with E-state index in [4.69, 9.17) is 5.11 Å². The van der Waals surface area contributed by atoms with Crippen LogP contribution in [0.4, 0.5) is 18.9 Å². The first-order valence-electron chi connectivity index (χ1n) is 13.6. The van der Waals surface area contributed by atoms with Crippen molar-refractivity contribution in [1.29, 1.82) is 0 Å². The van der Waals surface area contributed by atoms with Gasteiger partial charge in [-0.05, 0) is 36.5 Å². The maximum atomic E-state index is 13.5. The molecule has 3 aromatic rings. The number of hydrogen-bond acceptors (Lipinski definition) is 6. The molecule has 3 amide bonds. The first kappa shape index (κ1) is 32.8. The number of alkyl halides is 3. The molecule has 13 heteroatoms. The summed E-state index contributed by atoms with van der Waals surface area (Å²) in [5, 5.41) is 16.4. The van der Waals surface area contributed by atoms with Gasteiger partial charge < -0.3 is 20.7 Å². The zero-order chi connectivity index (χ0) is 31.7. The fraction of sp³-hybridized carbons (Fsp3) is 0.367. The fourth-order valence-electron chi connectivity index (χ4n) is 4.51. The highest BCUT2D eigenvalue weighted by atomic mass is 19.4. The van der Waals surface area contributed by atoms with Crippen molar-refractivity contribution in [3.8, 4) is 0 Å². The minimum atomic E-state index is -4.75. The highest BCUT2D eigenvalue weighted by Gasteiger charge is 2.33. The smallest absolute Gasteiger partial charge is 0.417 e. The summed E-state index contributed by atoms with van der Waals surface area (Å²) in [5.74, 6) is -3.13. The number of rotatable bonds is 13. The third-order valence-corrected chi connectivity index (χ3v) is 6.49. The predicted molar refractivity (Wildman–Crippen MR) is 153 cm³/mol. The van der Waals surface area contributed by atoms with Gasteiger partial charge in [-0.2, -0.15) is 13.2 Å². The molecule has 0 aliphatic carbocycles. The maximum Gasteiger partial charge on any atom is 0.417 e. The predicted octanol–water partition coefficient (Wildman–Crippen LogP) is 4.00. The van der Waals surface area contributed by atoms with Gasteiger partial charge in [-0.25, -0.2) is 0 Å². The molecule has 1 heterocycles. The van der Waals surface area contributed by atoms with E-state index in [1.807, 2.05) is 13.8 Å². The van der Waals surface area contributed by atoms with E-state index in [2.05, 4.69) is 20.9 Å². The molecule has 2 atom stereocenters. The molecule has 1 aromatic heterocycles. The number of anilines is 1. The summed E-state index contributed by atoms with van der Waals surface area (Å²) >= 11 is 0. The van der Waals surface area contributed by atoms with Gasteiger partial charge in [0, 0.05) is 36.4 Å². The minimum absolute atomic E-state index is 0.0373. The second-order valence-electron chi connectivity index (χ2n) is 10.5. The Kier molecular flexibility index (Phi) is 11.1. The highest BCUT2D eigenvalue weighted by Crippen LogP contribution is 2.34. The lowest BCUT2D eigenvalue weighted by molar-refractivity contribution is -0.138. The largest absolute Gasteiger partial charge is 0.481 e. The molecule has 0 aliphatic heterocycles. The maximum absolute atomic E-state index is 13.5. The number of carboxylic acid groups (broad SMARTS) is 1. The van der Waals surface area contributed by atoms with E-state index in [-0.39, 0.29) is 54.6 Å². The second kappa shape index (κ2) is 14.5. The van der Waals surface area contributed by atoms with E-state index in [0.29, 0.717) is 6.07 Å². The monoisotopic (exact) mass is 602 g/mol. The number of fused-ring (bicyclic) bond motifs is 1. The van der Waals surface area contributed by atoms with Crippen molar-refractivity contribution in [2.75, 3.05) is 5.32 Å². The molecule has 0 saturated carbocycles. The average Bonchev–Trinajstić information content (AvgIpc) is 2.91. The van der Waals surface area contributed by atoms with Crippen LogP contribution in [0, 0.1) is 5.92 Å². The van der Waals surface area contributed by atoms with Gasteiger partial charge in [0.15, 0.2) is 0 Å². The normalized spacial score (nSPS) is 12.9. The van der Waals surface area contributed by atoms with Crippen LogP contribution in [0.5, 0.6) is 0 Å². The van der Waals surface area contributed by atoms with Crippen LogP contribution in [-0.4, -0.2) is 45.9 Å². The van der Waals surface area contributed by atoms with Crippen LogP contribution >= 0.6 is 0 Å². The number of amides is 3. The third kappa shape index (κ3) is 9.97. The van der Waals surface area contributed by atoms with Gasteiger partial charge in [0.1, 0.15) is 12.1 Å². The molecule has 0 bridgehead atoms. The van der Waals surface area contributed by atoms with Crippen molar-refractivity contribution >= 4 is 40.3 Å². The number of imide groups is 1. The Balaban J connectivity index is 1.84. The Morgan fingerprint density at radius 1 is 0.930 bits per heavy atom. The molecule has 0 spiro atoms. The van der Waals surface area contributed by atoms with Crippen molar-refractivity contribution in [3.63, 3.8) is 0 Å². The molecule has 0 unspecified atom stereocenters. The van der Waals surface area contributed by atoms with Crippen molar-refractivity contribution in [3.05, 3.63) is 76.1 Å². The Labute approximate surface area is 245 Å². The summed E-state index contributed by atoms with van der Waals surface area (Å²) in [4.78, 5) is 64.0. The van der Waals surface area contributed by atoms with Gasteiger partial charge in [0.25, 0.3) is 0 Å². The van der Waals surface area contributed by atoms with E-state index in [1.54, 1.807) is 30.3 Å². The van der Waals surface area contributed by atoms with Crippen molar-refractivity contribution in [1.82, 2.24) is 15.6 Å². The zero-order valence-corrected chi connectivity index (χ0v) is 23.6. The van der Waals surface area contributed by atoms with Crippen molar-refractivity contribution in [2.45, 2.75) is 64.2 Å². The lowest BCUT2D eigenvalue weighted by Crippen LogP contribution is -2.52. The first-order chi connectivity index (χ1) is 20.2. The van der Waals surface area contributed by atoms with Gasteiger partial charge in [0.05, 0.1) is 11.1 Å². The van der Waals surface area contributed by atoms with Gasteiger partial charge in [-0.1, -0.05) is 50.2 Å². The van der Waals surface area contributed by atoms with Crippen molar-refractivity contribution in [2.24, 2.45) is 5.92 Å². The molecule has 0 radical (unpaired) electrons. The molecule has 2 aromatic carbocycles. The molecule has 0 aliphatic rings. The van der Waals surface area contributed by atoms with Crippen LogP contribution < -0.4 is 21.5 Å². The van der Waals surface area contributed by atoms with Crippen LogP contribution in [-0.2, 0) is 31.8 Å². The molecule has 10 nitrogen and oxygen atoms in total. The Morgan fingerprint density at radius 2 is 1.60 bits per heavy atom. The summed E-state index contributed by atoms with van der Waals surface area (Å²) in [7, 11) is 0. The number of carboxylic acids is 1. The molecule has 5 N–H and O–H groups in total. The Morgan fingerprint density at radius 3 is 2.23 bits per heavy atom. The number of pyridine rings is 1. The van der Waals surface area contributed by atoms with Crippen LogP contribution in [0.3, 0.4) is 0 Å². The molecular formula is C30H33F3N4O6. The summed E-state index contributed by atoms with van der Waals surface area (Å²) in [6, 6.07) is 10.9. The summed E-state index contributed by atoms with van der Waals surface area (Å²) in [5.41, 5.74) is -1.19. The first-order valence-corrected chi connectivity index (χ1v) is 13.6. The van der Waals surface area contributed by atoms with Crippen LogP contribution in [0.25, 0.3) is 10.9 Å². The number of halogens is 3. The number of aromatic amines is 1. The molecule has 3 rings (SSSR count). The van der Waals surface area contributed by atoms with Crippen LogP contribution in [0.1, 0.15) is 50.7 Å². The quantitative estimate of drug-likeness (QED) is 0.198. The van der Waals surface area contributed by atoms with Gasteiger partial charge in [-0.3, -0.25) is 29.3 Å². The number of H-pyrrole nitrogens is 1. The lowest BCUT2D eigenvalue weighted by atomic mass is 10.0. The minimum Gasteiger partial charge on any atom is -0.481 e. The zero-order valence-electron chi connectivity index (χ0n) is 23.6. The standard InChI is InChI=1S/C30H33F3N4O6/c1-17(2)13-23(36-25(38)9-6-10-27(40)41)28(42)37-29(43)24(14-18-7-4-3-5-8-18)34-19-11-12-20-21(30(31,32)33)16-26(39)35-22(20)15-19/h3-5,7-8,11-12,15-17,23-24,34H,6,9-10,13-14H2,1-2H3,(H,35,39)(H,36,38)(H,40,41)(H,37,42,43)/t23-,24-/m0/s1. The number of carbonyl (C=O) groups is 4. The van der Waals surface area contributed by atoms with Gasteiger partial charge in [-0.15, -0.1) is 0 Å². The molecule has 0 fully saturated rings. The number of carbonyl (C=O) groups excluding carboxylic acids is 3. The highest BCUT2D eigenvalue weighted by molar-refractivity contribution is 6.02. The summed E-state index contributed by atoms with van der Waals surface area (Å²) < 4.78 is 40.5. The van der Waals surface area contributed by atoms with Crippen LogP contribution in [0.2, 0.25) is 0 Å². The van der Waals surface area contributed by atoms with Crippen molar-refractivity contribution < 1.29 is 37.5 Å². The Bertz CT molecular complexity index is 1520. The van der Waals surface area contributed by atoms with Crippen LogP contribution in [0.15, 0.2) is 59.4 Å². The third-order valence-electron chi connectivity index (χ3n) is 6.49. The van der Waals surface area contributed by atoms with E-state index < -0.39 is 53.1 Å². The number of aromatic nitrogens is 1. The fourth-order valence-corrected chi connectivity index (χ4v) is 4.51. The van der Waals surface area contributed by atoms with Gasteiger partial charge in [0.2, 0.25) is 23.3 Å². The van der Waals surface area contributed by atoms with Gasteiger partial charge >= 0.3 is 12.1 Å². The van der Waals surface area contributed by atoms with E-state index in [1.165, 1.54) is 18.2 Å². The SMILES string of the molecule is CC(C)C[C@H](NC(=O)CCCC(=O)O)C(=O)NC(=O)[C@H](Cc1ccccc1)Nc1ccc2c(C(F)(F)F)cc(=O)[nH]c2c1. The average molecular weight is 603 g/mol. The number of nitrogens with one attached hydrogen (secondary N) is 4. The van der Waals surface area contributed by atoms with E-state index in [0.717, 1.165) is 5.56 Å². The molecule has 43 heavy (non-hydrogen) atoms. The Hall–Kier alpha value is -4.68. The summed E-state index contributed by atoms with van der Waals surface area (Å²) in [6.07, 6.45) is -4.69. The number of hydrogen-bond donors (Lipinski definition) is 5. The molecule has 0 saturated heterocycles. The van der Waals surface area contributed by atoms with E-state index in [9.17, 15) is 37.1 Å². The topological polar surface area (TPSA) is 157 Å². The number of benzene rings is 2.